The minimum Gasteiger partial charge on any atom is -0.286 e. The molecule has 2 aromatic heterocycles. The van der Waals surface area contributed by atoms with Gasteiger partial charge in [-0.1, -0.05) is 39.0 Å². The first-order valence-corrected chi connectivity index (χ1v) is 7.09. The summed E-state index contributed by atoms with van der Waals surface area (Å²) in [6.07, 6.45) is 10.5. The topological polar surface area (TPSA) is 54.0 Å². The molecule has 0 saturated heterocycles. The van der Waals surface area contributed by atoms with E-state index in [1.54, 1.807) is 12.1 Å². The Bertz CT molecular complexity index is 565. The Morgan fingerprint density at radius 1 is 1.16 bits per heavy atom. The lowest BCUT2D eigenvalue weighted by Gasteiger charge is -2.01. The van der Waals surface area contributed by atoms with E-state index in [0.29, 0.717) is 5.56 Å². The zero-order valence-electron chi connectivity index (χ0n) is 11.5. The van der Waals surface area contributed by atoms with E-state index in [-0.39, 0.29) is 0 Å². The van der Waals surface area contributed by atoms with Crippen molar-refractivity contribution in [3.8, 4) is 6.07 Å². The standard InChI is InChI=1S/C15H20N4/c1-2-3-4-5-6-7-8-14-17-18-15-11-13(12-16)9-10-19(14)15/h9-11H,2-8H2,1H3. The number of hydrogen-bond donors (Lipinski definition) is 0. The molecule has 0 saturated carbocycles. The zero-order chi connectivity index (χ0) is 13.5. The van der Waals surface area contributed by atoms with Crippen molar-refractivity contribution in [1.82, 2.24) is 14.6 Å². The summed E-state index contributed by atoms with van der Waals surface area (Å²) in [5, 5.41) is 17.2. The van der Waals surface area contributed by atoms with Crippen molar-refractivity contribution in [2.24, 2.45) is 0 Å². The lowest BCUT2D eigenvalue weighted by Crippen LogP contribution is -1.95. The van der Waals surface area contributed by atoms with Gasteiger partial charge in [0.2, 0.25) is 0 Å². The van der Waals surface area contributed by atoms with Crippen LogP contribution >= 0.6 is 0 Å². The molecule has 100 valence electrons. The summed E-state index contributed by atoms with van der Waals surface area (Å²) in [6, 6.07) is 5.70. The number of hydrogen-bond acceptors (Lipinski definition) is 3. The van der Waals surface area contributed by atoms with Crippen molar-refractivity contribution in [2.45, 2.75) is 51.9 Å². The van der Waals surface area contributed by atoms with Crippen LogP contribution in [-0.4, -0.2) is 14.6 Å². The molecule has 0 amide bonds. The molecule has 4 heteroatoms. The highest BCUT2D eigenvalue weighted by Crippen LogP contribution is 2.11. The first-order chi connectivity index (χ1) is 9.35. The molecule has 19 heavy (non-hydrogen) atoms. The van der Waals surface area contributed by atoms with E-state index < -0.39 is 0 Å². The van der Waals surface area contributed by atoms with E-state index in [4.69, 9.17) is 5.26 Å². The van der Waals surface area contributed by atoms with Gasteiger partial charge in [-0.15, -0.1) is 10.2 Å². The molecule has 0 aliphatic heterocycles. The molecule has 4 nitrogen and oxygen atoms in total. The van der Waals surface area contributed by atoms with Crippen LogP contribution in [0.5, 0.6) is 0 Å². The maximum atomic E-state index is 8.84. The summed E-state index contributed by atoms with van der Waals surface area (Å²) in [6.45, 7) is 2.23. The normalized spacial score (nSPS) is 10.7. The maximum absolute atomic E-state index is 8.84. The summed E-state index contributed by atoms with van der Waals surface area (Å²) in [7, 11) is 0. The maximum Gasteiger partial charge on any atom is 0.162 e. The van der Waals surface area contributed by atoms with Crippen LogP contribution < -0.4 is 0 Å². The van der Waals surface area contributed by atoms with Gasteiger partial charge in [0.15, 0.2) is 5.65 Å². The van der Waals surface area contributed by atoms with E-state index in [9.17, 15) is 0 Å². The van der Waals surface area contributed by atoms with Crippen LogP contribution in [0.4, 0.5) is 0 Å². The second kappa shape index (κ2) is 6.89. The number of nitriles is 1. The number of pyridine rings is 1. The summed E-state index contributed by atoms with van der Waals surface area (Å²) in [4.78, 5) is 0. The van der Waals surface area contributed by atoms with Gasteiger partial charge in [0, 0.05) is 18.7 Å². The van der Waals surface area contributed by atoms with Crippen molar-refractivity contribution in [2.75, 3.05) is 0 Å². The summed E-state index contributed by atoms with van der Waals surface area (Å²) in [5.74, 6) is 0.995. The molecule has 0 aliphatic rings. The molecule has 0 fully saturated rings. The molecular weight excluding hydrogens is 236 g/mol. The lowest BCUT2D eigenvalue weighted by molar-refractivity contribution is 0.599. The van der Waals surface area contributed by atoms with Crippen LogP contribution in [0.1, 0.15) is 56.8 Å². The third-order valence-corrected chi connectivity index (χ3v) is 3.36. The van der Waals surface area contributed by atoms with E-state index in [1.165, 1.54) is 32.1 Å². The second-order valence-corrected chi connectivity index (χ2v) is 4.89. The molecular formula is C15H20N4. The molecule has 0 radical (unpaired) electrons. The highest BCUT2D eigenvalue weighted by Gasteiger charge is 2.05. The van der Waals surface area contributed by atoms with Crippen molar-refractivity contribution < 1.29 is 0 Å². The van der Waals surface area contributed by atoms with Crippen molar-refractivity contribution in [3.05, 3.63) is 29.7 Å². The Morgan fingerprint density at radius 2 is 1.95 bits per heavy atom. The quantitative estimate of drug-likeness (QED) is 0.712. The fraction of sp³-hybridized carbons (Fsp3) is 0.533. The molecule has 0 spiro atoms. The van der Waals surface area contributed by atoms with Crippen LogP contribution in [0.25, 0.3) is 5.65 Å². The first-order valence-electron chi connectivity index (χ1n) is 7.09. The average molecular weight is 256 g/mol. The number of aryl methyl sites for hydroxylation is 1. The molecule has 0 unspecified atom stereocenters. The Balaban J connectivity index is 1.89. The van der Waals surface area contributed by atoms with Gasteiger partial charge in [0.25, 0.3) is 0 Å². The molecule has 2 aromatic rings. The van der Waals surface area contributed by atoms with Gasteiger partial charge in [-0.2, -0.15) is 5.26 Å². The summed E-state index contributed by atoms with van der Waals surface area (Å²) >= 11 is 0. The number of aromatic nitrogens is 3. The molecule has 2 rings (SSSR count). The fourth-order valence-corrected chi connectivity index (χ4v) is 2.24. The van der Waals surface area contributed by atoms with Crippen LogP contribution in [0.3, 0.4) is 0 Å². The van der Waals surface area contributed by atoms with Crippen molar-refractivity contribution in [3.63, 3.8) is 0 Å². The number of unbranched alkanes of at least 4 members (excludes halogenated alkanes) is 5. The highest BCUT2D eigenvalue weighted by atomic mass is 15.2. The second-order valence-electron chi connectivity index (χ2n) is 4.89. The molecule has 0 N–H and O–H groups in total. The highest BCUT2D eigenvalue weighted by molar-refractivity contribution is 5.45. The van der Waals surface area contributed by atoms with E-state index >= 15 is 0 Å². The third kappa shape index (κ3) is 3.54. The van der Waals surface area contributed by atoms with Gasteiger partial charge in [0.05, 0.1) is 11.6 Å². The molecule has 0 aliphatic carbocycles. The minimum atomic E-state index is 0.631. The van der Waals surface area contributed by atoms with E-state index in [1.807, 2.05) is 10.6 Å². The van der Waals surface area contributed by atoms with Gasteiger partial charge in [-0.05, 0) is 12.5 Å². The molecule has 0 atom stereocenters. The Kier molecular flexibility index (Phi) is 4.91. The molecule has 0 aromatic carbocycles. The molecule has 2 heterocycles. The van der Waals surface area contributed by atoms with Gasteiger partial charge in [-0.25, -0.2) is 0 Å². The lowest BCUT2D eigenvalue weighted by atomic mass is 10.1. The zero-order valence-corrected chi connectivity index (χ0v) is 11.5. The third-order valence-electron chi connectivity index (χ3n) is 3.36. The van der Waals surface area contributed by atoms with Crippen molar-refractivity contribution >= 4 is 5.65 Å². The number of rotatable bonds is 7. The van der Waals surface area contributed by atoms with Gasteiger partial charge >= 0.3 is 0 Å². The van der Waals surface area contributed by atoms with E-state index in [0.717, 1.165) is 24.3 Å². The predicted octanol–water partition coefficient (Wildman–Crippen LogP) is 3.50. The smallest absolute Gasteiger partial charge is 0.162 e. The Labute approximate surface area is 114 Å². The first kappa shape index (κ1) is 13.5. The van der Waals surface area contributed by atoms with Crippen LogP contribution in [-0.2, 0) is 6.42 Å². The predicted molar refractivity (Wildman–Crippen MR) is 74.8 cm³/mol. The van der Waals surface area contributed by atoms with Crippen LogP contribution in [0.2, 0.25) is 0 Å². The van der Waals surface area contributed by atoms with Gasteiger partial charge < -0.3 is 0 Å². The largest absolute Gasteiger partial charge is 0.286 e. The van der Waals surface area contributed by atoms with E-state index in [2.05, 4.69) is 23.2 Å². The number of fused-ring (bicyclic) bond motifs is 1. The van der Waals surface area contributed by atoms with Crippen LogP contribution in [0.15, 0.2) is 18.3 Å². The minimum absolute atomic E-state index is 0.631. The SMILES string of the molecule is CCCCCCCCc1nnc2cc(C#N)ccn12. The number of nitrogens with zero attached hydrogens (tertiary/aromatic N) is 4. The van der Waals surface area contributed by atoms with Crippen LogP contribution in [0, 0.1) is 11.3 Å². The van der Waals surface area contributed by atoms with Gasteiger partial charge in [-0.3, -0.25) is 4.40 Å². The monoisotopic (exact) mass is 256 g/mol. The average Bonchev–Trinajstić information content (AvgIpc) is 2.85. The van der Waals surface area contributed by atoms with Gasteiger partial charge in [0.1, 0.15) is 5.82 Å². The summed E-state index contributed by atoms with van der Waals surface area (Å²) in [5.41, 5.74) is 1.39. The molecule has 0 bridgehead atoms. The Hall–Kier alpha value is -1.89. The summed E-state index contributed by atoms with van der Waals surface area (Å²) < 4.78 is 1.98. The van der Waals surface area contributed by atoms with Crippen molar-refractivity contribution in [1.29, 1.82) is 5.26 Å². The Morgan fingerprint density at radius 3 is 2.74 bits per heavy atom. The fourth-order valence-electron chi connectivity index (χ4n) is 2.24.